The fourth-order valence-corrected chi connectivity index (χ4v) is 4.28. The minimum Gasteiger partial charge on any atom is -0.493 e. The number of alkyl halides is 3. The molecule has 1 atom stereocenters. The van der Waals surface area contributed by atoms with Gasteiger partial charge < -0.3 is 15.2 Å². The summed E-state index contributed by atoms with van der Waals surface area (Å²) in [6.45, 7) is 12.1. The third-order valence-electron chi connectivity index (χ3n) is 5.87. The number of fused-ring (bicyclic) bond motifs is 1. The lowest BCUT2D eigenvalue weighted by Crippen LogP contribution is -2.53. The highest BCUT2D eigenvalue weighted by Crippen LogP contribution is 2.46. The Hall–Kier alpha value is -2.87. The molecule has 2 aromatic carbocycles. The molecule has 0 bridgehead atoms. The van der Waals surface area contributed by atoms with Crippen LogP contribution in [0.1, 0.15) is 65.2 Å². The zero-order valence-corrected chi connectivity index (χ0v) is 20.9. The first-order chi connectivity index (χ1) is 16.4. The Kier molecular flexibility index (Phi) is 10.7. The molecule has 1 aliphatic heterocycles. The molecule has 0 amide bonds. The maximum Gasteiger partial charge on any atom is 0.418 e. The van der Waals surface area contributed by atoms with Crippen molar-refractivity contribution in [3.05, 3.63) is 59.4 Å². The molecule has 2 N–H and O–H groups in total. The quantitative estimate of drug-likeness (QED) is 0.281. The van der Waals surface area contributed by atoms with E-state index in [4.69, 9.17) is 4.74 Å². The largest absolute Gasteiger partial charge is 0.493 e. The van der Waals surface area contributed by atoms with Crippen molar-refractivity contribution in [3.63, 3.8) is 0 Å². The highest BCUT2D eigenvalue weighted by molar-refractivity contribution is 5.78. The molecule has 3 rings (SSSR count). The molecule has 1 unspecified atom stereocenters. The number of nitrogens with one attached hydrogen (secondary N) is 1. The van der Waals surface area contributed by atoms with Gasteiger partial charge in [0.2, 0.25) is 0 Å². The van der Waals surface area contributed by atoms with Gasteiger partial charge in [-0.3, -0.25) is 4.99 Å². The molecule has 4 nitrogen and oxygen atoms in total. The van der Waals surface area contributed by atoms with Crippen LogP contribution in [0.15, 0.2) is 41.9 Å². The second-order valence-corrected chi connectivity index (χ2v) is 8.81. The average molecular weight is 511 g/mol. The number of nitrogens with zero attached hydrogens (tertiary/aromatic N) is 1. The number of hydrogen-bond acceptors (Lipinski definition) is 4. The van der Waals surface area contributed by atoms with E-state index in [1.165, 1.54) is 18.2 Å². The minimum absolute atomic E-state index is 0. The zero-order chi connectivity index (χ0) is 26.4. The summed E-state index contributed by atoms with van der Waals surface area (Å²) in [4.78, 5) is 4.20. The lowest BCUT2D eigenvalue weighted by molar-refractivity contribution is -0.260. The fourth-order valence-electron chi connectivity index (χ4n) is 4.28. The number of aliphatic imine (C=N–C) groups is 1. The van der Waals surface area contributed by atoms with E-state index in [0.29, 0.717) is 46.8 Å². The minimum atomic E-state index is -4.94. The van der Waals surface area contributed by atoms with Crippen LogP contribution in [-0.4, -0.2) is 36.3 Å². The fraction of sp³-hybridized carbons (Fsp3) is 0.464. The number of rotatable bonds is 8. The molecule has 200 valence electrons. The lowest BCUT2D eigenvalue weighted by atomic mass is 9.74. The zero-order valence-electron chi connectivity index (χ0n) is 20.9. The predicted molar refractivity (Wildman–Crippen MR) is 141 cm³/mol. The summed E-state index contributed by atoms with van der Waals surface area (Å²) in [5.74, 6) is -0.141. The molecule has 0 aromatic heterocycles. The van der Waals surface area contributed by atoms with E-state index in [9.17, 15) is 22.7 Å². The van der Waals surface area contributed by atoms with Gasteiger partial charge in [-0.1, -0.05) is 53.8 Å². The van der Waals surface area contributed by atoms with Crippen LogP contribution in [0, 0.1) is 5.82 Å². The third kappa shape index (κ3) is 6.66. The molecular formula is C28H38F4N2O2. The predicted octanol–water partition coefficient (Wildman–Crippen LogP) is 7.86. The summed E-state index contributed by atoms with van der Waals surface area (Å²) < 4.78 is 62.2. The van der Waals surface area contributed by atoms with Gasteiger partial charge in [0.15, 0.2) is 5.60 Å². The molecule has 0 radical (unpaired) electrons. The summed E-state index contributed by atoms with van der Waals surface area (Å²) in [6, 6.07) is 7.49. The summed E-state index contributed by atoms with van der Waals surface area (Å²) in [6.07, 6.45) is -2.09. The lowest BCUT2D eigenvalue weighted by Gasteiger charge is -2.38. The molecule has 8 heteroatoms. The first-order valence-electron chi connectivity index (χ1n) is 11.6. The van der Waals surface area contributed by atoms with E-state index < -0.39 is 36.0 Å². The van der Waals surface area contributed by atoms with E-state index in [1.807, 2.05) is 13.8 Å². The van der Waals surface area contributed by atoms with Gasteiger partial charge in [-0.2, -0.15) is 13.2 Å². The molecule has 0 spiro atoms. The van der Waals surface area contributed by atoms with Crippen LogP contribution >= 0.6 is 0 Å². The van der Waals surface area contributed by atoms with Crippen molar-refractivity contribution in [1.82, 2.24) is 0 Å². The SMILES string of the molecule is C.C=Cc1c(N=CC)cccc1NCC(O)(CC(C)(C)c1cc(F)cc2c1OCC2)C(F)(F)F.CC. The van der Waals surface area contributed by atoms with Gasteiger partial charge in [-0.25, -0.2) is 4.39 Å². The van der Waals surface area contributed by atoms with Crippen LogP contribution in [0.3, 0.4) is 0 Å². The van der Waals surface area contributed by atoms with Gasteiger partial charge in [-0.05, 0) is 43.0 Å². The standard InChI is InChI=1S/C25H28F4N2O2.C2H6.CH4/c1-5-18-20(30-6-2)8-7-9-21(18)31-15-24(32,25(27,28)29)14-23(3,4)19-13-17(26)12-16-10-11-33-22(16)19;1-2;/h5-9,12-13,31-32H,1,10-11,14-15H2,2-4H3;1-2H3;1H4. The third-order valence-corrected chi connectivity index (χ3v) is 5.87. The van der Waals surface area contributed by atoms with E-state index in [-0.39, 0.29) is 7.43 Å². The van der Waals surface area contributed by atoms with Crippen LogP contribution in [0.4, 0.5) is 28.9 Å². The highest BCUT2D eigenvalue weighted by Gasteiger charge is 2.56. The van der Waals surface area contributed by atoms with Crippen LogP contribution in [0.2, 0.25) is 0 Å². The molecule has 2 aromatic rings. The van der Waals surface area contributed by atoms with Crippen molar-refractivity contribution in [2.24, 2.45) is 4.99 Å². The van der Waals surface area contributed by atoms with Crippen molar-refractivity contribution in [3.8, 4) is 5.75 Å². The summed E-state index contributed by atoms with van der Waals surface area (Å²) in [5, 5.41) is 13.6. The Bertz CT molecular complexity index is 1060. The number of ether oxygens (including phenoxy) is 1. The van der Waals surface area contributed by atoms with Gasteiger partial charge in [0.25, 0.3) is 0 Å². The Morgan fingerprint density at radius 3 is 2.44 bits per heavy atom. The summed E-state index contributed by atoms with van der Waals surface area (Å²) in [7, 11) is 0. The molecule has 0 saturated carbocycles. The molecule has 36 heavy (non-hydrogen) atoms. The second kappa shape index (κ2) is 12.4. The molecule has 1 aliphatic rings. The molecular weight excluding hydrogens is 472 g/mol. The topological polar surface area (TPSA) is 53.9 Å². The number of hydrogen-bond donors (Lipinski definition) is 2. The monoisotopic (exact) mass is 510 g/mol. The summed E-state index contributed by atoms with van der Waals surface area (Å²) in [5.41, 5.74) is -1.98. The highest BCUT2D eigenvalue weighted by atomic mass is 19.4. The van der Waals surface area contributed by atoms with Gasteiger partial charge in [0.1, 0.15) is 11.6 Å². The molecule has 0 saturated heterocycles. The Labute approximate surface area is 212 Å². The van der Waals surface area contributed by atoms with Crippen LogP contribution in [0.25, 0.3) is 6.08 Å². The van der Waals surface area contributed by atoms with Crippen LogP contribution < -0.4 is 10.1 Å². The number of anilines is 1. The van der Waals surface area contributed by atoms with Crippen LogP contribution in [-0.2, 0) is 11.8 Å². The molecule has 0 fully saturated rings. The maximum absolute atomic E-state index is 14.2. The van der Waals surface area contributed by atoms with E-state index in [0.717, 1.165) is 0 Å². The Morgan fingerprint density at radius 2 is 1.86 bits per heavy atom. The molecule has 1 heterocycles. The van der Waals surface area contributed by atoms with Crippen molar-refractivity contribution in [2.75, 3.05) is 18.5 Å². The second-order valence-electron chi connectivity index (χ2n) is 8.81. The van der Waals surface area contributed by atoms with E-state index >= 15 is 0 Å². The number of halogens is 4. The summed E-state index contributed by atoms with van der Waals surface area (Å²) >= 11 is 0. The van der Waals surface area contributed by atoms with E-state index in [2.05, 4.69) is 16.9 Å². The van der Waals surface area contributed by atoms with Crippen LogP contribution in [0.5, 0.6) is 5.75 Å². The molecule has 0 aliphatic carbocycles. The van der Waals surface area contributed by atoms with Crippen molar-refractivity contribution < 1.29 is 27.4 Å². The van der Waals surface area contributed by atoms with Gasteiger partial charge in [-0.15, -0.1) is 0 Å². The van der Waals surface area contributed by atoms with Crippen molar-refractivity contribution in [2.45, 2.75) is 72.1 Å². The van der Waals surface area contributed by atoms with Gasteiger partial charge in [0.05, 0.1) is 18.8 Å². The van der Waals surface area contributed by atoms with Gasteiger partial charge >= 0.3 is 6.18 Å². The average Bonchev–Trinajstić information content (AvgIpc) is 3.26. The van der Waals surface area contributed by atoms with Gasteiger partial charge in [0, 0.05) is 35.0 Å². The first kappa shape index (κ1) is 31.2. The van der Waals surface area contributed by atoms with Crippen molar-refractivity contribution >= 4 is 23.7 Å². The number of benzene rings is 2. The number of aliphatic hydroxyl groups is 1. The normalized spacial score (nSPS) is 14.6. The first-order valence-corrected chi connectivity index (χ1v) is 11.6. The van der Waals surface area contributed by atoms with Crippen molar-refractivity contribution in [1.29, 1.82) is 0 Å². The maximum atomic E-state index is 14.2. The smallest absolute Gasteiger partial charge is 0.418 e. The van der Waals surface area contributed by atoms with E-state index in [1.54, 1.807) is 45.2 Å². The Morgan fingerprint density at radius 1 is 1.19 bits per heavy atom. The Balaban J connectivity index is 0.00000211.